The molecule has 1 saturated heterocycles. The Bertz CT molecular complexity index is 595. The van der Waals surface area contributed by atoms with Crippen LogP contribution in [0.3, 0.4) is 0 Å². The van der Waals surface area contributed by atoms with Crippen LogP contribution in [0.25, 0.3) is 0 Å². The Hall–Kier alpha value is -2.24. The Morgan fingerprint density at radius 2 is 1.83 bits per heavy atom. The summed E-state index contributed by atoms with van der Waals surface area (Å²) in [6.07, 6.45) is 0.752. The minimum Gasteiger partial charge on any atom is -0.497 e. The highest BCUT2D eigenvalue weighted by Crippen LogP contribution is 2.18. The van der Waals surface area contributed by atoms with E-state index in [1.165, 1.54) is 11.1 Å². The molecule has 1 aliphatic rings. The molecule has 1 N–H and O–H groups in total. The summed E-state index contributed by atoms with van der Waals surface area (Å²) in [5.41, 5.74) is 2.36. The van der Waals surface area contributed by atoms with Crippen LogP contribution in [0.15, 0.2) is 18.2 Å². The van der Waals surface area contributed by atoms with E-state index >= 15 is 0 Å². The van der Waals surface area contributed by atoms with E-state index in [1.54, 1.807) is 23.8 Å². The van der Waals surface area contributed by atoms with Crippen molar-refractivity contribution in [2.24, 2.45) is 0 Å². The predicted octanol–water partition coefficient (Wildman–Crippen LogP) is 1.81. The van der Waals surface area contributed by atoms with Crippen LogP contribution in [0.2, 0.25) is 0 Å². The maximum atomic E-state index is 12.4. The SMILES string of the molecule is COc1ccc(C)c(CC(C)NC(=O)N2CCN(C(C)=O)CC2)c1. The number of nitrogens with one attached hydrogen (secondary N) is 1. The Morgan fingerprint density at radius 3 is 2.42 bits per heavy atom. The first-order valence-corrected chi connectivity index (χ1v) is 8.35. The molecule has 0 saturated carbocycles. The van der Waals surface area contributed by atoms with Gasteiger partial charge in [-0.05, 0) is 43.5 Å². The van der Waals surface area contributed by atoms with Crippen molar-refractivity contribution in [3.8, 4) is 5.75 Å². The van der Waals surface area contributed by atoms with E-state index in [1.807, 2.05) is 25.1 Å². The summed E-state index contributed by atoms with van der Waals surface area (Å²) in [5, 5.41) is 3.05. The number of ether oxygens (including phenoxy) is 1. The average molecular weight is 333 g/mol. The molecular formula is C18H27N3O3. The molecule has 1 aliphatic heterocycles. The second kappa shape index (κ2) is 8.04. The lowest BCUT2D eigenvalue weighted by Crippen LogP contribution is -2.54. The smallest absolute Gasteiger partial charge is 0.317 e. The van der Waals surface area contributed by atoms with Crippen LogP contribution >= 0.6 is 0 Å². The largest absolute Gasteiger partial charge is 0.497 e. The molecule has 2 rings (SSSR count). The molecule has 0 bridgehead atoms. The topological polar surface area (TPSA) is 61.9 Å². The van der Waals surface area contributed by atoms with E-state index in [-0.39, 0.29) is 18.0 Å². The first kappa shape index (κ1) is 18.1. The van der Waals surface area contributed by atoms with Gasteiger partial charge in [-0.3, -0.25) is 4.79 Å². The zero-order valence-electron chi connectivity index (χ0n) is 15.0. The van der Waals surface area contributed by atoms with Gasteiger partial charge in [-0.2, -0.15) is 0 Å². The van der Waals surface area contributed by atoms with Crippen molar-refractivity contribution < 1.29 is 14.3 Å². The normalized spacial score (nSPS) is 15.8. The number of carbonyl (C=O) groups excluding carboxylic acids is 2. The third kappa shape index (κ3) is 4.63. The van der Waals surface area contributed by atoms with Crippen molar-refractivity contribution in [3.63, 3.8) is 0 Å². The summed E-state index contributed by atoms with van der Waals surface area (Å²) in [4.78, 5) is 27.2. The maximum absolute atomic E-state index is 12.4. The second-order valence-electron chi connectivity index (χ2n) is 6.34. The van der Waals surface area contributed by atoms with Crippen LogP contribution in [0.1, 0.15) is 25.0 Å². The van der Waals surface area contributed by atoms with Gasteiger partial charge < -0.3 is 19.9 Å². The summed E-state index contributed by atoms with van der Waals surface area (Å²) in [7, 11) is 1.65. The van der Waals surface area contributed by atoms with Gasteiger partial charge in [0.05, 0.1) is 7.11 Å². The molecule has 132 valence electrons. The number of hydrogen-bond acceptors (Lipinski definition) is 3. The number of rotatable bonds is 4. The minimum absolute atomic E-state index is 0.0224. The standard InChI is InChI=1S/C18H27N3O3/c1-13-5-6-17(24-4)12-16(13)11-14(2)19-18(23)21-9-7-20(8-10-21)15(3)22/h5-6,12,14H,7-11H2,1-4H3,(H,19,23). The van der Waals surface area contributed by atoms with Gasteiger partial charge in [0.25, 0.3) is 0 Å². The highest BCUT2D eigenvalue weighted by atomic mass is 16.5. The lowest BCUT2D eigenvalue weighted by Gasteiger charge is -2.34. The number of urea groups is 1. The molecule has 0 radical (unpaired) electrons. The Balaban J connectivity index is 1.87. The first-order valence-electron chi connectivity index (χ1n) is 8.35. The third-order valence-corrected chi connectivity index (χ3v) is 4.46. The summed E-state index contributed by atoms with van der Waals surface area (Å²) in [6.45, 7) is 7.99. The number of aryl methyl sites for hydroxylation is 1. The van der Waals surface area contributed by atoms with Gasteiger partial charge >= 0.3 is 6.03 Å². The first-order chi connectivity index (χ1) is 11.4. The molecule has 6 nitrogen and oxygen atoms in total. The third-order valence-electron chi connectivity index (χ3n) is 4.46. The fourth-order valence-corrected chi connectivity index (χ4v) is 2.90. The number of hydrogen-bond donors (Lipinski definition) is 1. The van der Waals surface area contributed by atoms with Crippen molar-refractivity contribution in [1.82, 2.24) is 15.1 Å². The van der Waals surface area contributed by atoms with Gasteiger partial charge in [0.15, 0.2) is 0 Å². The lowest BCUT2D eigenvalue weighted by molar-refractivity contribution is -0.130. The van der Waals surface area contributed by atoms with E-state index in [4.69, 9.17) is 4.74 Å². The summed E-state index contributed by atoms with van der Waals surface area (Å²) < 4.78 is 5.27. The van der Waals surface area contributed by atoms with E-state index < -0.39 is 0 Å². The van der Waals surface area contributed by atoms with Crippen molar-refractivity contribution >= 4 is 11.9 Å². The van der Waals surface area contributed by atoms with Gasteiger partial charge in [-0.1, -0.05) is 6.07 Å². The fraction of sp³-hybridized carbons (Fsp3) is 0.556. The van der Waals surface area contributed by atoms with Gasteiger partial charge in [0.1, 0.15) is 5.75 Å². The zero-order valence-corrected chi connectivity index (χ0v) is 15.0. The molecule has 24 heavy (non-hydrogen) atoms. The molecule has 6 heteroatoms. The summed E-state index contributed by atoms with van der Waals surface area (Å²) in [5.74, 6) is 0.895. The van der Waals surface area contributed by atoms with Crippen molar-refractivity contribution in [2.75, 3.05) is 33.3 Å². The van der Waals surface area contributed by atoms with Gasteiger partial charge in [0.2, 0.25) is 5.91 Å². The molecule has 0 aromatic heterocycles. The fourth-order valence-electron chi connectivity index (χ4n) is 2.90. The Kier molecular flexibility index (Phi) is 6.06. The predicted molar refractivity (Wildman–Crippen MR) is 93.3 cm³/mol. The number of carbonyl (C=O) groups is 2. The minimum atomic E-state index is -0.0637. The zero-order chi connectivity index (χ0) is 17.7. The highest BCUT2D eigenvalue weighted by molar-refractivity contribution is 5.76. The molecule has 1 fully saturated rings. The maximum Gasteiger partial charge on any atom is 0.317 e. The molecular weight excluding hydrogens is 306 g/mol. The molecule has 1 unspecified atom stereocenters. The monoisotopic (exact) mass is 333 g/mol. The Morgan fingerprint density at radius 1 is 1.21 bits per heavy atom. The molecule has 0 aliphatic carbocycles. The van der Waals surface area contributed by atoms with Crippen LogP contribution in [-0.2, 0) is 11.2 Å². The number of methoxy groups -OCH3 is 1. The number of amides is 3. The second-order valence-corrected chi connectivity index (χ2v) is 6.34. The van der Waals surface area contributed by atoms with Crippen LogP contribution in [-0.4, -0.2) is 61.1 Å². The van der Waals surface area contributed by atoms with Crippen molar-refractivity contribution in [3.05, 3.63) is 29.3 Å². The van der Waals surface area contributed by atoms with E-state index in [0.717, 1.165) is 12.2 Å². The van der Waals surface area contributed by atoms with Crippen molar-refractivity contribution in [1.29, 1.82) is 0 Å². The summed E-state index contributed by atoms with van der Waals surface area (Å²) in [6, 6.07) is 5.95. The van der Waals surface area contributed by atoms with E-state index in [0.29, 0.717) is 26.2 Å². The molecule has 1 atom stereocenters. The molecule has 1 heterocycles. The molecule has 0 spiro atoms. The highest BCUT2D eigenvalue weighted by Gasteiger charge is 2.23. The van der Waals surface area contributed by atoms with Gasteiger partial charge in [0, 0.05) is 39.1 Å². The van der Waals surface area contributed by atoms with Crippen LogP contribution in [0.5, 0.6) is 5.75 Å². The number of piperazine rings is 1. The number of benzene rings is 1. The Labute approximate surface area is 143 Å². The van der Waals surface area contributed by atoms with Gasteiger partial charge in [-0.15, -0.1) is 0 Å². The van der Waals surface area contributed by atoms with Crippen LogP contribution in [0.4, 0.5) is 4.79 Å². The van der Waals surface area contributed by atoms with Crippen molar-refractivity contribution in [2.45, 2.75) is 33.2 Å². The van der Waals surface area contributed by atoms with E-state index in [9.17, 15) is 9.59 Å². The van der Waals surface area contributed by atoms with Gasteiger partial charge in [-0.25, -0.2) is 4.79 Å². The average Bonchev–Trinajstić information content (AvgIpc) is 2.56. The van der Waals surface area contributed by atoms with E-state index in [2.05, 4.69) is 12.2 Å². The quantitative estimate of drug-likeness (QED) is 0.914. The summed E-state index contributed by atoms with van der Waals surface area (Å²) >= 11 is 0. The van der Waals surface area contributed by atoms with Crippen LogP contribution in [0, 0.1) is 6.92 Å². The molecule has 1 aromatic rings. The molecule has 3 amide bonds. The van der Waals surface area contributed by atoms with Crippen LogP contribution < -0.4 is 10.1 Å². The number of nitrogens with zero attached hydrogens (tertiary/aromatic N) is 2. The molecule has 1 aromatic carbocycles. The lowest BCUT2D eigenvalue weighted by atomic mass is 10.0.